The highest BCUT2D eigenvalue weighted by molar-refractivity contribution is 5.78. The Morgan fingerprint density at radius 2 is 1.83 bits per heavy atom. The Morgan fingerprint density at radius 3 is 2.33 bits per heavy atom. The summed E-state index contributed by atoms with van der Waals surface area (Å²) in [4.78, 5) is 23.5. The minimum Gasteiger partial charge on any atom is -0.387 e. The topological polar surface area (TPSA) is 125 Å². The lowest BCUT2D eigenvalue weighted by atomic mass is 9.93. The fraction of sp³-hybridized carbons (Fsp3) is 0.318. The summed E-state index contributed by atoms with van der Waals surface area (Å²) in [6.45, 7) is 5.96. The van der Waals surface area contributed by atoms with Crippen LogP contribution in [-0.2, 0) is 6.42 Å². The number of hydrogen-bond acceptors (Lipinski definition) is 6. The third kappa shape index (κ3) is 4.56. The average molecular weight is 405 g/mol. The van der Waals surface area contributed by atoms with Gasteiger partial charge in [0.25, 0.3) is 11.2 Å². The van der Waals surface area contributed by atoms with E-state index in [4.69, 9.17) is 0 Å². The van der Waals surface area contributed by atoms with Crippen molar-refractivity contribution >= 4 is 11.9 Å². The lowest BCUT2D eigenvalue weighted by Crippen LogP contribution is -2.26. The van der Waals surface area contributed by atoms with E-state index in [0.29, 0.717) is 24.1 Å². The van der Waals surface area contributed by atoms with E-state index >= 15 is 0 Å². The average Bonchev–Trinajstić information content (AvgIpc) is 2.75. The van der Waals surface area contributed by atoms with Crippen molar-refractivity contribution in [1.82, 2.24) is 9.88 Å². The number of pyridine rings is 1. The number of nitro groups is 1. The van der Waals surface area contributed by atoms with Crippen LogP contribution in [0.15, 0.2) is 35.3 Å². The largest absolute Gasteiger partial charge is 0.387 e. The van der Waals surface area contributed by atoms with Gasteiger partial charge in [0.1, 0.15) is 17.7 Å². The van der Waals surface area contributed by atoms with Crippen LogP contribution in [0, 0.1) is 32.8 Å². The molecule has 0 aliphatic heterocycles. The molecule has 2 rings (SSSR count). The highest BCUT2D eigenvalue weighted by atomic mass is 16.6. The molecule has 0 radical (unpaired) electrons. The van der Waals surface area contributed by atoms with Crippen LogP contribution < -0.4 is 10.9 Å². The molecule has 0 amide bonds. The first kappa shape index (κ1) is 22.4. The van der Waals surface area contributed by atoms with E-state index in [2.05, 4.69) is 11.4 Å². The fourth-order valence-corrected chi connectivity index (χ4v) is 3.04. The van der Waals surface area contributed by atoms with Gasteiger partial charge in [-0.15, -0.1) is 0 Å². The van der Waals surface area contributed by atoms with Crippen molar-refractivity contribution in [3.05, 3.63) is 67.8 Å². The molecule has 1 aromatic carbocycles. The predicted molar refractivity (Wildman–Crippen MR) is 114 cm³/mol. The molecule has 8 heteroatoms. The van der Waals surface area contributed by atoms with Gasteiger partial charge in [-0.1, -0.05) is 20.3 Å². The zero-order valence-corrected chi connectivity index (χ0v) is 17.2. The van der Waals surface area contributed by atoms with Crippen molar-refractivity contribution in [3.8, 4) is 23.3 Å². The van der Waals surface area contributed by atoms with E-state index in [1.807, 2.05) is 26.8 Å². The molecule has 2 aromatic rings. The van der Waals surface area contributed by atoms with E-state index in [-0.39, 0.29) is 28.4 Å². The molecular formula is C22H23N5O3. The van der Waals surface area contributed by atoms with Crippen molar-refractivity contribution in [2.45, 2.75) is 46.1 Å². The number of benzene rings is 1. The summed E-state index contributed by atoms with van der Waals surface area (Å²) in [5.74, 6) is 0. The van der Waals surface area contributed by atoms with Crippen LogP contribution in [-0.4, -0.2) is 15.5 Å². The van der Waals surface area contributed by atoms with Crippen LogP contribution in [0.25, 0.3) is 17.3 Å². The molecule has 1 heterocycles. The molecule has 0 bridgehead atoms. The zero-order chi connectivity index (χ0) is 22.3. The summed E-state index contributed by atoms with van der Waals surface area (Å²) in [7, 11) is 0. The molecule has 1 N–H and O–H groups in total. The molecule has 0 saturated carbocycles. The monoisotopic (exact) mass is 405 g/mol. The predicted octanol–water partition coefficient (Wildman–Crippen LogP) is 3.94. The summed E-state index contributed by atoms with van der Waals surface area (Å²) in [5, 5.41) is 33.7. The number of nitro benzene ring substituents is 1. The van der Waals surface area contributed by atoms with Gasteiger partial charge in [-0.05, 0) is 37.5 Å². The number of aromatic nitrogens is 1. The number of non-ortho nitro benzene ring substituents is 1. The number of nitrogens with zero attached hydrogens (tertiary/aromatic N) is 4. The van der Waals surface area contributed by atoms with Crippen LogP contribution in [0.2, 0.25) is 0 Å². The number of nitriles is 2. The van der Waals surface area contributed by atoms with Crippen molar-refractivity contribution in [1.29, 1.82) is 10.5 Å². The van der Waals surface area contributed by atoms with Gasteiger partial charge in [-0.3, -0.25) is 19.5 Å². The van der Waals surface area contributed by atoms with Gasteiger partial charge >= 0.3 is 0 Å². The van der Waals surface area contributed by atoms with Gasteiger partial charge in [0.2, 0.25) is 0 Å². The summed E-state index contributed by atoms with van der Waals surface area (Å²) < 4.78 is 1.34. The Kier molecular flexibility index (Phi) is 7.49. The summed E-state index contributed by atoms with van der Waals surface area (Å²) in [6.07, 6.45) is 5.22. The van der Waals surface area contributed by atoms with Crippen LogP contribution in [0.1, 0.15) is 50.4 Å². The number of rotatable bonds is 8. The van der Waals surface area contributed by atoms with E-state index in [0.717, 1.165) is 6.42 Å². The molecule has 1 atom stereocenters. The molecule has 0 unspecified atom stereocenters. The SMILES string of the molecule is CCCc1c(C#N)c(-c2ccc([N+](=O)[O-])cc2)c(C#N)c(=O)n1/C=C\N[C@@H](C)CC. The highest BCUT2D eigenvalue weighted by Gasteiger charge is 2.22. The first-order chi connectivity index (χ1) is 14.4. The second-order valence-corrected chi connectivity index (χ2v) is 6.82. The van der Waals surface area contributed by atoms with E-state index in [9.17, 15) is 25.4 Å². The van der Waals surface area contributed by atoms with Gasteiger partial charge in [-0.25, -0.2) is 0 Å². The Morgan fingerprint density at radius 1 is 1.20 bits per heavy atom. The molecule has 0 spiro atoms. The smallest absolute Gasteiger partial charge is 0.273 e. The maximum Gasteiger partial charge on any atom is 0.273 e. The number of nitrogens with one attached hydrogen (secondary N) is 1. The molecule has 0 saturated heterocycles. The standard InChI is InChI=1S/C22H23N5O3/c1-4-6-20-18(13-23)21(16-7-9-17(10-8-16)27(29)30)19(14-24)22(28)26(20)12-11-25-15(3)5-2/h7-12,15,25H,4-6H2,1-3H3/b12-11-/t15-/m0/s1. The lowest BCUT2D eigenvalue weighted by Gasteiger charge is -2.16. The van der Waals surface area contributed by atoms with Crippen molar-refractivity contribution in [3.63, 3.8) is 0 Å². The van der Waals surface area contributed by atoms with Gasteiger partial charge < -0.3 is 5.32 Å². The van der Waals surface area contributed by atoms with Gasteiger partial charge in [0.05, 0.1) is 10.5 Å². The van der Waals surface area contributed by atoms with Crippen LogP contribution in [0.4, 0.5) is 5.69 Å². The second kappa shape index (κ2) is 10.0. The van der Waals surface area contributed by atoms with Gasteiger partial charge in [0, 0.05) is 41.8 Å². The minimum absolute atomic E-state index is 0.114. The quantitative estimate of drug-likeness (QED) is 0.524. The van der Waals surface area contributed by atoms with Crippen LogP contribution in [0.3, 0.4) is 0 Å². The second-order valence-electron chi connectivity index (χ2n) is 6.82. The molecule has 154 valence electrons. The van der Waals surface area contributed by atoms with Crippen LogP contribution in [0.5, 0.6) is 0 Å². The fourth-order valence-electron chi connectivity index (χ4n) is 3.04. The molecule has 0 aliphatic carbocycles. The van der Waals surface area contributed by atoms with Crippen molar-refractivity contribution < 1.29 is 4.92 Å². The Bertz CT molecular complexity index is 1100. The molecule has 30 heavy (non-hydrogen) atoms. The molecule has 0 fully saturated rings. The van der Waals surface area contributed by atoms with E-state index in [1.54, 1.807) is 12.4 Å². The molecule has 0 aliphatic rings. The van der Waals surface area contributed by atoms with Gasteiger partial charge in [0.15, 0.2) is 0 Å². The van der Waals surface area contributed by atoms with Gasteiger partial charge in [-0.2, -0.15) is 10.5 Å². The Balaban J connectivity index is 2.78. The molecule has 8 nitrogen and oxygen atoms in total. The molecular weight excluding hydrogens is 382 g/mol. The minimum atomic E-state index is -0.532. The first-order valence-electron chi connectivity index (χ1n) is 9.68. The molecule has 1 aromatic heterocycles. The lowest BCUT2D eigenvalue weighted by molar-refractivity contribution is -0.384. The maximum absolute atomic E-state index is 13.1. The third-order valence-corrected chi connectivity index (χ3v) is 4.81. The summed E-state index contributed by atoms with van der Waals surface area (Å²) in [6, 6.07) is 9.75. The third-order valence-electron chi connectivity index (χ3n) is 4.81. The Hall–Kier alpha value is -3.91. The van der Waals surface area contributed by atoms with E-state index in [1.165, 1.54) is 28.8 Å². The van der Waals surface area contributed by atoms with Crippen LogP contribution >= 0.6 is 0 Å². The number of hydrogen-bond donors (Lipinski definition) is 1. The summed E-state index contributed by atoms with van der Waals surface area (Å²) >= 11 is 0. The normalized spacial score (nSPS) is 11.6. The highest BCUT2D eigenvalue weighted by Crippen LogP contribution is 2.30. The Labute approximate surface area is 174 Å². The van der Waals surface area contributed by atoms with Crippen molar-refractivity contribution in [2.75, 3.05) is 0 Å². The summed E-state index contributed by atoms with van der Waals surface area (Å²) in [5.41, 5.74) is 0.524. The zero-order valence-electron chi connectivity index (χ0n) is 17.2. The maximum atomic E-state index is 13.1. The van der Waals surface area contributed by atoms with Crippen molar-refractivity contribution in [2.24, 2.45) is 0 Å². The first-order valence-corrected chi connectivity index (χ1v) is 9.68. The van der Waals surface area contributed by atoms with E-state index < -0.39 is 10.5 Å².